The molecule has 0 aromatic carbocycles. The van der Waals surface area contributed by atoms with Crippen LogP contribution in [0.25, 0.3) is 0 Å². The van der Waals surface area contributed by atoms with Gasteiger partial charge in [0.25, 0.3) is 0 Å². The summed E-state index contributed by atoms with van der Waals surface area (Å²) in [5, 5.41) is 2.99. The summed E-state index contributed by atoms with van der Waals surface area (Å²) in [7, 11) is -1.09. The first-order valence-electron chi connectivity index (χ1n) is 5.85. The second kappa shape index (κ2) is 6.32. The van der Waals surface area contributed by atoms with Crippen LogP contribution in [-0.4, -0.2) is 63.5 Å². The summed E-state index contributed by atoms with van der Waals surface area (Å²) >= 11 is 0. The van der Waals surface area contributed by atoms with Gasteiger partial charge in [-0.05, 0) is 26.4 Å². The van der Waals surface area contributed by atoms with Gasteiger partial charge in [-0.25, -0.2) is 8.42 Å². The minimum Gasteiger partial charge on any atom is -0.339 e. The third-order valence-electron chi connectivity index (χ3n) is 2.92. The number of nitrogens with one attached hydrogen (secondary N) is 1. The molecule has 1 amide bonds. The first kappa shape index (κ1) is 14.4. The second-order valence-electron chi connectivity index (χ2n) is 4.33. The molecule has 0 aromatic rings. The Bertz CT molecular complexity index is 342. The van der Waals surface area contributed by atoms with Crippen LogP contribution >= 0.6 is 0 Å². The normalized spacial score (nSPS) is 21.2. The molecule has 1 heterocycles. The quantitative estimate of drug-likeness (QED) is 0.593. The average Bonchev–Trinajstić information content (AvgIpc) is 2.28. The number of sulfone groups is 1. The van der Waals surface area contributed by atoms with E-state index in [-0.39, 0.29) is 30.5 Å². The van der Waals surface area contributed by atoms with Gasteiger partial charge in [0.1, 0.15) is 0 Å². The van der Waals surface area contributed by atoms with Crippen LogP contribution in [0.3, 0.4) is 0 Å². The number of nitrogens with two attached hydrogens (primary N) is 1. The number of hydrogen-bond donors (Lipinski definition) is 2. The van der Waals surface area contributed by atoms with Crippen LogP contribution in [0, 0.1) is 0 Å². The van der Waals surface area contributed by atoms with E-state index in [4.69, 9.17) is 5.73 Å². The van der Waals surface area contributed by atoms with Gasteiger partial charge in [-0.15, -0.1) is 0 Å². The summed E-state index contributed by atoms with van der Waals surface area (Å²) in [5.74, 6) is -0.0137. The lowest BCUT2D eigenvalue weighted by Crippen LogP contribution is -2.50. The van der Waals surface area contributed by atoms with E-state index >= 15 is 0 Å². The molecule has 100 valence electrons. The van der Waals surface area contributed by atoms with Crippen LogP contribution in [0.4, 0.5) is 0 Å². The maximum Gasteiger partial charge on any atom is 0.239 e. The highest BCUT2D eigenvalue weighted by Crippen LogP contribution is 2.07. The zero-order valence-electron chi connectivity index (χ0n) is 10.2. The third kappa shape index (κ3) is 4.61. The molecule has 0 spiro atoms. The van der Waals surface area contributed by atoms with Crippen molar-refractivity contribution in [1.82, 2.24) is 10.2 Å². The lowest BCUT2D eigenvalue weighted by molar-refractivity contribution is -0.132. The van der Waals surface area contributed by atoms with Crippen molar-refractivity contribution < 1.29 is 13.2 Å². The molecule has 1 aliphatic rings. The standard InChI is InChI=1S/C10H21N3O3S/c1-12-4-2-3-9(11)10(14)13-5-7-17(15,16)8-6-13/h9,12H,2-8,11H2,1H3/t9-/m0/s1. The molecular weight excluding hydrogens is 242 g/mol. The smallest absolute Gasteiger partial charge is 0.239 e. The highest BCUT2D eigenvalue weighted by Gasteiger charge is 2.27. The van der Waals surface area contributed by atoms with Gasteiger partial charge in [-0.3, -0.25) is 4.79 Å². The fourth-order valence-corrected chi connectivity index (χ4v) is 2.99. The first-order valence-corrected chi connectivity index (χ1v) is 7.68. The minimum atomic E-state index is -2.94. The van der Waals surface area contributed by atoms with E-state index in [1.165, 1.54) is 0 Å². The molecule has 7 heteroatoms. The van der Waals surface area contributed by atoms with Gasteiger partial charge in [0.05, 0.1) is 17.5 Å². The van der Waals surface area contributed by atoms with E-state index in [1.54, 1.807) is 4.90 Å². The molecule has 17 heavy (non-hydrogen) atoms. The maximum atomic E-state index is 11.9. The molecule has 0 aliphatic carbocycles. The lowest BCUT2D eigenvalue weighted by Gasteiger charge is -2.29. The van der Waals surface area contributed by atoms with Gasteiger partial charge in [0, 0.05) is 13.1 Å². The Morgan fingerprint density at radius 2 is 2.00 bits per heavy atom. The topological polar surface area (TPSA) is 92.5 Å². The van der Waals surface area contributed by atoms with Gasteiger partial charge < -0.3 is 16.0 Å². The van der Waals surface area contributed by atoms with E-state index in [0.717, 1.165) is 13.0 Å². The highest BCUT2D eigenvalue weighted by atomic mass is 32.2. The Kier molecular flexibility index (Phi) is 5.35. The van der Waals surface area contributed by atoms with Gasteiger partial charge >= 0.3 is 0 Å². The monoisotopic (exact) mass is 263 g/mol. The van der Waals surface area contributed by atoms with Crippen LogP contribution < -0.4 is 11.1 Å². The number of carbonyl (C=O) groups is 1. The van der Waals surface area contributed by atoms with Crippen molar-refractivity contribution in [3.05, 3.63) is 0 Å². The molecule has 1 saturated heterocycles. The van der Waals surface area contributed by atoms with Crippen LogP contribution in [-0.2, 0) is 14.6 Å². The molecule has 1 aliphatic heterocycles. The van der Waals surface area contributed by atoms with Crippen LogP contribution in [0.2, 0.25) is 0 Å². The van der Waals surface area contributed by atoms with Crippen LogP contribution in [0.1, 0.15) is 12.8 Å². The number of carbonyl (C=O) groups excluding carboxylic acids is 1. The summed E-state index contributed by atoms with van der Waals surface area (Å²) in [5.41, 5.74) is 5.79. The minimum absolute atomic E-state index is 0.0575. The van der Waals surface area contributed by atoms with Gasteiger partial charge in [0.15, 0.2) is 9.84 Å². The number of rotatable bonds is 5. The van der Waals surface area contributed by atoms with E-state index < -0.39 is 15.9 Å². The Balaban J connectivity index is 2.37. The SMILES string of the molecule is CNCCC[C@H](N)C(=O)N1CCS(=O)(=O)CC1. The number of hydrogen-bond acceptors (Lipinski definition) is 5. The van der Waals surface area contributed by atoms with Gasteiger partial charge in [0.2, 0.25) is 5.91 Å². The summed E-state index contributed by atoms with van der Waals surface area (Å²) in [4.78, 5) is 13.4. The van der Waals surface area contributed by atoms with E-state index in [1.807, 2.05) is 7.05 Å². The lowest BCUT2D eigenvalue weighted by atomic mass is 10.1. The fraction of sp³-hybridized carbons (Fsp3) is 0.900. The van der Waals surface area contributed by atoms with E-state index in [9.17, 15) is 13.2 Å². The Hall–Kier alpha value is -0.660. The first-order chi connectivity index (χ1) is 7.96. The summed E-state index contributed by atoms with van der Waals surface area (Å²) in [6, 6.07) is -0.510. The van der Waals surface area contributed by atoms with E-state index in [0.29, 0.717) is 6.42 Å². The van der Waals surface area contributed by atoms with Crippen molar-refractivity contribution in [1.29, 1.82) is 0 Å². The Labute approximate surface area is 102 Å². The van der Waals surface area contributed by atoms with Crippen molar-refractivity contribution in [2.24, 2.45) is 5.73 Å². The largest absolute Gasteiger partial charge is 0.339 e. The zero-order chi connectivity index (χ0) is 12.9. The predicted molar refractivity (Wildman–Crippen MR) is 66.4 cm³/mol. The molecule has 3 N–H and O–H groups in total. The van der Waals surface area contributed by atoms with Crippen molar-refractivity contribution in [2.45, 2.75) is 18.9 Å². The van der Waals surface area contributed by atoms with E-state index in [2.05, 4.69) is 5.32 Å². The predicted octanol–water partition coefficient (Wildman–Crippen LogP) is -1.43. The molecule has 0 saturated carbocycles. The molecule has 0 bridgehead atoms. The van der Waals surface area contributed by atoms with Crippen LogP contribution in [0.5, 0.6) is 0 Å². The number of nitrogens with zero attached hydrogens (tertiary/aromatic N) is 1. The zero-order valence-corrected chi connectivity index (χ0v) is 11.0. The summed E-state index contributed by atoms with van der Waals surface area (Å²) in [6.45, 7) is 1.39. The highest BCUT2D eigenvalue weighted by molar-refractivity contribution is 7.91. The van der Waals surface area contributed by atoms with Crippen LogP contribution in [0.15, 0.2) is 0 Å². The maximum absolute atomic E-state index is 11.9. The number of amides is 1. The molecule has 1 fully saturated rings. The molecule has 0 radical (unpaired) electrons. The average molecular weight is 263 g/mol. The molecular formula is C10H21N3O3S. The molecule has 1 rings (SSSR count). The fourth-order valence-electron chi connectivity index (χ4n) is 1.79. The van der Waals surface area contributed by atoms with Gasteiger partial charge in [-0.2, -0.15) is 0 Å². The molecule has 6 nitrogen and oxygen atoms in total. The van der Waals surface area contributed by atoms with Crippen molar-refractivity contribution in [3.8, 4) is 0 Å². The van der Waals surface area contributed by atoms with Crippen molar-refractivity contribution in [3.63, 3.8) is 0 Å². The van der Waals surface area contributed by atoms with Gasteiger partial charge in [-0.1, -0.05) is 0 Å². The van der Waals surface area contributed by atoms with Crippen molar-refractivity contribution >= 4 is 15.7 Å². The molecule has 1 atom stereocenters. The summed E-state index contributed by atoms with van der Waals surface area (Å²) < 4.78 is 22.4. The summed E-state index contributed by atoms with van der Waals surface area (Å²) in [6.07, 6.45) is 1.47. The Morgan fingerprint density at radius 1 is 1.41 bits per heavy atom. The second-order valence-corrected chi connectivity index (χ2v) is 6.63. The van der Waals surface area contributed by atoms with Crippen molar-refractivity contribution in [2.75, 3.05) is 38.2 Å². The third-order valence-corrected chi connectivity index (χ3v) is 4.52. The Morgan fingerprint density at radius 3 is 2.53 bits per heavy atom. The molecule has 0 unspecified atom stereocenters. The molecule has 0 aromatic heterocycles.